The standard InChI is InChI=1S/C23H34N4O/c1-3-24-23(27-14-19-20(15-27)22-9-8-21(19)28-22)25-12-16(2)26-11-10-17-6-4-5-7-18(17)13-26/h4-7,16,19-22H,3,8-15H2,1-2H3,(H,24,25). The van der Waals surface area contributed by atoms with Crippen LogP contribution in [0.25, 0.3) is 0 Å². The van der Waals surface area contributed by atoms with Gasteiger partial charge in [-0.25, -0.2) is 0 Å². The maximum absolute atomic E-state index is 6.14. The Kier molecular flexibility index (Phi) is 5.06. The van der Waals surface area contributed by atoms with Gasteiger partial charge in [0, 0.05) is 50.6 Å². The molecule has 4 aliphatic heterocycles. The first-order chi connectivity index (χ1) is 13.7. The summed E-state index contributed by atoms with van der Waals surface area (Å²) in [6.45, 7) is 10.7. The molecule has 5 heteroatoms. The number of aliphatic imine (C=N–C) groups is 1. The van der Waals surface area contributed by atoms with E-state index < -0.39 is 0 Å². The van der Waals surface area contributed by atoms with E-state index in [1.165, 1.54) is 24.0 Å². The minimum atomic E-state index is 0.462. The monoisotopic (exact) mass is 382 g/mol. The lowest BCUT2D eigenvalue weighted by atomic mass is 9.82. The highest BCUT2D eigenvalue weighted by atomic mass is 16.5. The first-order valence-corrected chi connectivity index (χ1v) is 11.2. The fourth-order valence-corrected chi connectivity index (χ4v) is 5.79. The minimum absolute atomic E-state index is 0.462. The smallest absolute Gasteiger partial charge is 0.193 e. The fourth-order valence-electron chi connectivity index (χ4n) is 5.79. The second-order valence-electron chi connectivity index (χ2n) is 9.06. The van der Waals surface area contributed by atoms with E-state index in [2.05, 4.69) is 53.2 Å². The second-order valence-corrected chi connectivity index (χ2v) is 9.06. The second kappa shape index (κ2) is 7.68. The average molecular weight is 383 g/mol. The fraction of sp³-hybridized carbons (Fsp3) is 0.696. The van der Waals surface area contributed by atoms with Gasteiger partial charge in [-0.05, 0) is 44.2 Å². The van der Waals surface area contributed by atoms with Crippen molar-refractivity contribution in [3.8, 4) is 0 Å². The molecule has 5 rings (SSSR count). The molecule has 4 aliphatic rings. The van der Waals surface area contributed by atoms with Gasteiger partial charge in [-0.3, -0.25) is 9.89 Å². The Bertz CT molecular complexity index is 717. The van der Waals surface area contributed by atoms with E-state index in [0.29, 0.717) is 18.2 Å². The van der Waals surface area contributed by atoms with Gasteiger partial charge >= 0.3 is 0 Å². The molecule has 3 fully saturated rings. The van der Waals surface area contributed by atoms with Crippen LogP contribution in [0.5, 0.6) is 0 Å². The first-order valence-electron chi connectivity index (χ1n) is 11.2. The number of hydrogen-bond donors (Lipinski definition) is 1. The first kappa shape index (κ1) is 18.4. The number of guanidine groups is 1. The zero-order valence-corrected chi connectivity index (χ0v) is 17.3. The van der Waals surface area contributed by atoms with E-state index in [0.717, 1.165) is 63.5 Å². The Morgan fingerprint density at radius 1 is 1.18 bits per heavy atom. The Morgan fingerprint density at radius 2 is 1.89 bits per heavy atom. The number of benzene rings is 1. The molecule has 3 saturated heterocycles. The molecule has 1 aromatic rings. The Labute approximate surface area is 169 Å². The third kappa shape index (κ3) is 3.33. The van der Waals surface area contributed by atoms with Crippen LogP contribution in [-0.2, 0) is 17.7 Å². The molecule has 5 atom stereocenters. The third-order valence-corrected chi connectivity index (χ3v) is 7.38. The molecule has 1 aromatic carbocycles. The van der Waals surface area contributed by atoms with Crippen LogP contribution in [0.15, 0.2) is 29.3 Å². The van der Waals surface area contributed by atoms with Gasteiger partial charge in [0.2, 0.25) is 0 Å². The molecular weight excluding hydrogens is 348 g/mol. The van der Waals surface area contributed by atoms with Gasteiger partial charge in [-0.2, -0.15) is 0 Å². The number of likely N-dealkylation sites (tertiary alicyclic amines) is 1. The van der Waals surface area contributed by atoms with Crippen LogP contribution in [0.3, 0.4) is 0 Å². The van der Waals surface area contributed by atoms with Gasteiger partial charge in [0.15, 0.2) is 5.96 Å². The number of rotatable bonds is 4. The number of fused-ring (bicyclic) bond motifs is 6. The summed E-state index contributed by atoms with van der Waals surface area (Å²) in [5.74, 6) is 2.55. The maximum atomic E-state index is 6.14. The molecule has 0 aliphatic carbocycles. The molecule has 1 N–H and O–H groups in total. The predicted molar refractivity (Wildman–Crippen MR) is 112 cm³/mol. The zero-order chi connectivity index (χ0) is 19.1. The number of ether oxygens (including phenoxy) is 1. The molecule has 0 saturated carbocycles. The number of nitrogens with one attached hydrogen (secondary N) is 1. The van der Waals surface area contributed by atoms with E-state index in [4.69, 9.17) is 9.73 Å². The zero-order valence-electron chi connectivity index (χ0n) is 17.3. The molecule has 0 spiro atoms. The molecular formula is C23H34N4O. The molecule has 0 aromatic heterocycles. The highest BCUT2D eigenvalue weighted by molar-refractivity contribution is 5.80. The predicted octanol–water partition coefficient (Wildman–Crippen LogP) is 2.51. The van der Waals surface area contributed by atoms with Crippen LogP contribution in [0, 0.1) is 11.8 Å². The summed E-state index contributed by atoms with van der Waals surface area (Å²) < 4.78 is 6.14. The summed E-state index contributed by atoms with van der Waals surface area (Å²) in [5.41, 5.74) is 3.00. The van der Waals surface area contributed by atoms with Gasteiger partial charge in [-0.15, -0.1) is 0 Å². The number of hydrogen-bond acceptors (Lipinski definition) is 3. The molecule has 28 heavy (non-hydrogen) atoms. The molecule has 5 nitrogen and oxygen atoms in total. The Hall–Kier alpha value is -1.59. The van der Waals surface area contributed by atoms with Crippen LogP contribution >= 0.6 is 0 Å². The van der Waals surface area contributed by atoms with Crippen molar-refractivity contribution in [2.24, 2.45) is 16.8 Å². The quantitative estimate of drug-likeness (QED) is 0.642. The van der Waals surface area contributed by atoms with E-state index in [-0.39, 0.29) is 0 Å². The lowest BCUT2D eigenvalue weighted by Gasteiger charge is -2.33. The van der Waals surface area contributed by atoms with Crippen LogP contribution in [0.4, 0.5) is 0 Å². The highest BCUT2D eigenvalue weighted by Crippen LogP contribution is 2.47. The van der Waals surface area contributed by atoms with Crippen molar-refractivity contribution in [2.45, 2.75) is 57.9 Å². The van der Waals surface area contributed by atoms with Gasteiger partial charge in [0.05, 0.1) is 18.8 Å². The van der Waals surface area contributed by atoms with Crippen molar-refractivity contribution >= 4 is 5.96 Å². The van der Waals surface area contributed by atoms with Crippen molar-refractivity contribution in [3.05, 3.63) is 35.4 Å². The lowest BCUT2D eigenvalue weighted by molar-refractivity contribution is 0.0767. The normalized spacial score (nSPS) is 33.1. The van der Waals surface area contributed by atoms with Crippen molar-refractivity contribution in [1.29, 1.82) is 0 Å². The summed E-state index contributed by atoms with van der Waals surface area (Å²) in [5, 5.41) is 3.55. The SMILES string of the molecule is CCNC(=NCC(C)N1CCc2ccccc2C1)N1CC2C3CCC(O3)C2C1. The van der Waals surface area contributed by atoms with Crippen LogP contribution in [-0.4, -0.2) is 66.7 Å². The van der Waals surface area contributed by atoms with Gasteiger partial charge in [0.25, 0.3) is 0 Å². The van der Waals surface area contributed by atoms with Gasteiger partial charge in [0.1, 0.15) is 0 Å². The molecule has 2 bridgehead atoms. The van der Waals surface area contributed by atoms with E-state index >= 15 is 0 Å². The maximum Gasteiger partial charge on any atom is 0.193 e. The topological polar surface area (TPSA) is 40.1 Å². The number of nitrogens with zero attached hydrogens (tertiary/aromatic N) is 3. The van der Waals surface area contributed by atoms with Crippen LogP contribution in [0.2, 0.25) is 0 Å². The largest absolute Gasteiger partial charge is 0.374 e. The summed E-state index contributed by atoms with van der Waals surface area (Å²) in [4.78, 5) is 10.2. The summed E-state index contributed by atoms with van der Waals surface area (Å²) in [7, 11) is 0. The van der Waals surface area contributed by atoms with E-state index in [1.807, 2.05) is 0 Å². The summed E-state index contributed by atoms with van der Waals surface area (Å²) in [6, 6.07) is 9.34. The van der Waals surface area contributed by atoms with Crippen molar-refractivity contribution < 1.29 is 4.74 Å². The molecule has 152 valence electrons. The summed E-state index contributed by atoms with van der Waals surface area (Å²) >= 11 is 0. The lowest BCUT2D eigenvalue weighted by Crippen LogP contribution is -2.43. The third-order valence-electron chi connectivity index (χ3n) is 7.38. The molecule has 0 radical (unpaired) electrons. The summed E-state index contributed by atoms with van der Waals surface area (Å²) in [6.07, 6.45) is 4.70. The van der Waals surface area contributed by atoms with Gasteiger partial charge in [-0.1, -0.05) is 24.3 Å². The van der Waals surface area contributed by atoms with Crippen molar-refractivity contribution in [3.63, 3.8) is 0 Å². The Balaban J connectivity index is 1.22. The van der Waals surface area contributed by atoms with Crippen LogP contribution in [0.1, 0.15) is 37.8 Å². The van der Waals surface area contributed by atoms with Gasteiger partial charge < -0.3 is 15.0 Å². The van der Waals surface area contributed by atoms with Crippen molar-refractivity contribution in [2.75, 3.05) is 32.7 Å². The van der Waals surface area contributed by atoms with Crippen LogP contribution < -0.4 is 5.32 Å². The molecule has 5 unspecified atom stereocenters. The minimum Gasteiger partial charge on any atom is -0.374 e. The van der Waals surface area contributed by atoms with E-state index in [9.17, 15) is 0 Å². The highest BCUT2D eigenvalue weighted by Gasteiger charge is 2.53. The van der Waals surface area contributed by atoms with Crippen molar-refractivity contribution in [1.82, 2.24) is 15.1 Å². The molecule has 0 amide bonds. The molecule has 4 heterocycles. The van der Waals surface area contributed by atoms with E-state index in [1.54, 1.807) is 0 Å². The average Bonchev–Trinajstić information content (AvgIpc) is 3.44. The Morgan fingerprint density at radius 3 is 2.61 bits per heavy atom.